The molecule has 1 aliphatic heterocycles. The predicted molar refractivity (Wildman–Crippen MR) is 163 cm³/mol. The number of amides is 2. The van der Waals surface area contributed by atoms with Gasteiger partial charge in [-0.15, -0.1) is 0 Å². The van der Waals surface area contributed by atoms with Gasteiger partial charge in [-0.05, 0) is 62.8 Å². The summed E-state index contributed by atoms with van der Waals surface area (Å²) in [4.78, 5) is 59.2. The van der Waals surface area contributed by atoms with Gasteiger partial charge < -0.3 is 4.74 Å². The summed E-state index contributed by atoms with van der Waals surface area (Å²) in [5.41, 5.74) is 5.13. The van der Waals surface area contributed by atoms with Crippen molar-refractivity contribution in [2.24, 2.45) is 23.7 Å². The van der Waals surface area contributed by atoms with Crippen LogP contribution in [0.15, 0.2) is 84.9 Å². The van der Waals surface area contributed by atoms with E-state index in [2.05, 4.69) is 12.2 Å². The molecule has 2 aliphatic carbocycles. The zero-order valence-electron chi connectivity index (χ0n) is 24.1. The van der Waals surface area contributed by atoms with Crippen LogP contribution >= 0.6 is 0 Å². The standard InChI is InChI=1S/C36H30N2O5/c1-19-7-9-23(10-8-19)33(39)21(3)43-36(42)28-18-29(37-32-20(2)5-4-6-27(28)32)22-13-15-26(16-14-22)38-34(40)30-24-11-12-25(17-24)31(30)35(38)41/h4-16,18,21,24-25,30-31H,17H2,1-3H3/t21-,24-,25+,30+,31+/m1/s1. The monoisotopic (exact) mass is 570 g/mol. The summed E-state index contributed by atoms with van der Waals surface area (Å²) in [5, 5.41) is 0.628. The Morgan fingerprint density at radius 3 is 2.19 bits per heavy atom. The summed E-state index contributed by atoms with van der Waals surface area (Å²) in [6.07, 6.45) is 4.07. The highest BCUT2D eigenvalue weighted by atomic mass is 16.5. The lowest BCUT2D eigenvalue weighted by Gasteiger charge is -2.18. The van der Waals surface area contributed by atoms with Crippen molar-refractivity contribution in [1.29, 1.82) is 0 Å². The van der Waals surface area contributed by atoms with Gasteiger partial charge in [0.15, 0.2) is 6.10 Å². The number of nitrogens with zero attached hydrogens (tertiary/aromatic N) is 2. The van der Waals surface area contributed by atoms with E-state index in [1.165, 1.54) is 4.90 Å². The van der Waals surface area contributed by atoms with Crippen molar-refractivity contribution in [1.82, 2.24) is 4.98 Å². The van der Waals surface area contributed by atoms with Gasteiger partial charge in [-0.3, -0.25) is 19.3 Å². The second kappa shape index (κ2) is 10.1. The first-order chi connectivity index (χ1) is 20.7. The van der Waals surface area contributed by atoms with Crippen molar-refractivity contribution in [3.05, 3.63) is 107 Å². The van der Waals surface area contributed by atoms with Gasteiger partial charge in [-0.2, -0.15) is 0 Å². The second-order valence-electron chi connectivity index (χ2n) is 11.9. The van der Waals surface area contributed by atoms with Crippen LogP contribution in [-0.4, -0.2) is 34.7 Å². The largest absolute Gasteiger partial charge is 0.451 e. The Kier molecular flexibility index (Phi) is 6.34. The number of hydrogen-bond acceptors (Lipinski definition) is 6. The lowest BCUT2D eigenvalue weighted by Crippen LogP contribution is -2.32. The predicted octanol–water partition coefficient (Wildman–Crippen LogP) is 6.26. The first kappa shape index (κ1) is 27.0. The molecule has 2 bridgehead atoms. The summed E-state index contributed by atoms with van der Waals surface area (Å²) in [5.74, 6) is -1.38. The molecule has 2 heterocycles. The number of rotatable bonds is 6. The molecule has 1 aromatic heterocycles. The molecule has 7 heteroatoms. The highest BCUT2D eigenvalue weighted by Gasteiger charge is 2.59. The molecule has 2 fully saturated rings. The summed E-state index contributed by atoms with van der Waals surface area (Å²) in [6.45, 7) is 5.44. The van der Waals surface area contributed by atoms with Crippen LogP contribution in [-0.2, 0) is 14.3 Å². The zero-order chi connectivity index (χ0) is 30.0. The number of pyridine rings is 1. The SMILES string of the molecule is Cc1ccc(C(=O)[C@@H](C)OC(=O)c2cc(-c3ccc(N4C(=O)[C@@H]5[C@@H](C4=O)[C@H]4C=C[C@@H]5C4)cc3)nc3c(C)cccc23)cc1. The molecule has 2 amide bonds. The number of benzene rings is 3. The number of esters is 1. The first-order valence-corrected chi connectivity index (χ1v) is 14.6. The van der Waals surface area contributed by atoms with E-state index in [4.69, 9.17) is 9.72 Å². The Labute approximate surface area is 249 Å². The number of Topliss-reactive ketones (excluding diaryl/α,β-unsaturated/α-hetero) is 1. The highest BCUT2D eigenvalue weighted by molar-refractivity contribution is 6.23. The van der Waals surface area contributed by atoms with Gasteiger partial charge in [0.2, 0.25) is 17.6 Å². The molecular weight excluding hydrogens is 540 g/mol. The number of para-hydroxylation sites is 1. The third kappa shape index (κ3) is 4.38. The summed E-state index contributed by atoms with van der Waals surface area (Å²) >= 11 is 0. The fourth-order valence-corrected chi connectivity index (χ4v) is 6.88. The van der Waals surface area contributed by atoms with E-state index in [0.29, 0.717) is 39.0 Å². The molecular formula is C36H30N2O5. The summed E-state index contributed by atoms with van der Waals surface area (Å²) in [6, 6.07) is 21.5. The van der Waals surface area contributed by atoms with Gasteiger partial charge in [-0.25, -0.2) is 9.78 Å². The van der Waals surface area contributed by atoms with Crippen LogP contribution < -0.4 is 4.90 Å². The molecule has 5 atom stereocenters. The average Bonchev–Trinajstić information content (AvgIpc) is 3.70. The smallest absolute Gasteiger partial charge is 0.339 e. The van der Waals surface area contributed by atoms with E-state index < -0.39 is 12.1 Å². The lowest BCUT2D eigenvalue weighted by atomic mass is 9.85. The lowest BCUT2D eigenvalue weighted by molar-refractivity contribution is -0.123. The quantitative estimate of drug-likeness (QED) is 0.118. The van der Waals surface area contributed by atoms with Crippen molar-refractivity contribution in [2.45, 2.75) is 33.3 Å². The Morgan fingerprint density at radius 1 is 0.884 bits per heavy atom. The van der Waals surface area contributed by atoms with Crippen LogP contribution in [0.3, 0.4) is 0 Å². The summed E-state index contributed by atoms with van der Waals surface area (Å²) < 4.78 is 5.69. The Balaban J connectivity index is 1.18. The molecule has 7 nitrogen and oxygen atoms in total. The average molecular weight is 571 g/mol. The van der Waals surface area contributed by atoms with Crippen molar-refractivity contribution in [2.75, 3.05) is 4.90 Å². The van der Waals surface area contributed by atoms with E-state index in [-0.39, 0.29) is 41.3 Å². The fourth-order valence-electron chi connectivity index (χ4n) is 6.88. The number of ketones is 1. The van der Waals surface area contributed by atoms with Gasteiger partial charge in [0.05, 0.1) is 34.3 Å². The molecule has 3 aromatic carbocycles. The van der Waals surface area contributed by atoms with Crippen molar-refractivity contribution >= 4 is 40.2 Å². The number of fused-ring (bicyclic) bond motifs is 6. The normalized spacial score (nSPS) is 22.7. The molecule has 0 N–H and O–H groups in total. The molecule has 1 saturated carbocycles. The fraction of sp³-hybridized carbons (Fsp3) is 0.250. The Bertz CT molecular complexity index is 1830. The van der Waals surface area contributed by atoms with Crippen molar-refractivity contribution in [3.63, 3.8) is 0 Å². The summed E-state index contributed by atoms with van der Waals surface area (Å²) in [7, 11) is 0. The highest BCUT2D eigenvalue weighted by Crippen LogP contribution is 2.53. The van der Waals surface area contributed by atoms with E-state index in [9.17, 15) is 19.2 Å². The van der Waals surface area contributed by atoms with Crippen LogP contribution in [0.1, 0.15) is 45.2 Å². The number of hydrogen-bond donors (Lipinski definition) is 0. The molecule has 1 saturated heterocycles. The van der Waals surface area contributed by atoms with Crippen LogP contribution in [0, 0.1) is 37.5 Å². The Hall–Kier alpha value is -4.91. The molecule has 0 unspecified atom stereocenters. The van der Waals surface area contributed by atoms with Crippen LogP contribution in [0.4, 0.5) is 5.69 Å². The number of carbonyl (C=O) groups excluding carboxylic acids is 4. The maximum absolute atomic E-state index is 13.5. The minimum atomic E-state index is -0.980. The molecule has 3 aliphatic rings. The topological polar surface area (TPSA) is 93.6 Å². The number of ether oxygens (including phenoxy) is 1. The van der Waals surface area contributed by atoms with E-state index >= 15 is 0 Å². The maximum Gasteiger partial charge on any atom is 0.339 e. The number of aromatic nitrogens is 1. The number of aryl methyl sites for hydroxylation is 2. The first-order valence-electron chi connectivity index (χ1n) is 14.6. The van der Waals surface area contributed by atoms with Crippen molar-refractivity contribution < 1.29 is 23.9 Å². The molecule has 4 aromatic rings. The zero-order valence-corrected chi connectivity index (χ0v) is 24.1. The van der Waals surface area contributed by atoms with Crippen LogP contribution in [0.5, 0.6) is 0 Å². The second-order valence-corrected chi connectivity index (χ2v) is 11.9. The maximum atomic E-state index is 13.5. The van der Waals surface area contributed by atoms with Gasteiger partial charge >= 0.3 is 5.97 Å². The Morgan fingerprint density at radius 2 is 1.53 bits per heavy atom. The van der Waals surface area contributed by atoms with E-state index in [0.717, 1.165) is 17.5 Å². The minimum absolute atomic E-state index is 0.126. The number of carbonyl (C=O) groups is 4. The third-order valence-corrected chi connectivity index (χ3v) is 9.14. The third-order valence-electron chi connectivity index (χ3n) is 9.14. The van der Waals surface area contributed by atoms with Gasteiger partial charge in [-0.1, -0.05) is 72.3 Å². The number of imide groups is 1. The van der Waals surface area contributed by atoms with Crippen LogP contribution in [0.2, 0.25) is 0 Å². The molecule has 0 radical (unpaired) electrons. The molecule has 7 rings (SSSR count). The van der Waals surface area contributed by atoms with Gasteiger partial charge in [0.1, 0.15) is 0 Å². The van der Waals surface area contributed by atoms with Crippen LogP contribution in [0.25, 0.3) is 22.2 Å². The molecule has 214 valence electrons. The van der Waals surface area contributed by atoms with Gasteiger partial charge in [0.25, 0.3) is 0 Å². The molecule has 0 spiro atoms. The van der Waals surface area contributed by atoms with E-state index in [1.807, 2.05) is 56.3 Å². The number of allylic oxidation sites excluding steroid dienone is 2. The van der Waals surface area contributed by atoms with Crippen molar-refractivity contribution in [3.8, 4) is 11.3 Å². The molecule has 43 heavy (non-hydrogen) atoms. The number of anilines is 1. The van der Waals surface area contributed by atoms with E-state index in [1.54, 1.807) is 37.3 Å². The minimum Gasteiger partial charge on any atom is -0.451 e. The van der Waals surface area contributed by atoms with Gasteiger partial charge in [0, 0.05) is 16.5 Å².